The van der Waals surface area contributed by atoms with Gasteiger partial charge in [0.15, 0.2) is 0 Å². The number of benzene rings is 3. The highest BCUT2D eigenvalue weighted by atomic mass is 32.1. The van der Waals surface area contributed by atoms with Crippen LogP contribution in [-0.2, 0) is 11.3 Å². The van der Waals surface area contributed by atoms with Crippen molar-refractivity contribution in [1.29, 1.82) is 0 Å². The number of rotatable bonds is 4. The first-order valence-electron chi connectivity index (χ1n) is 9.93. The molecule has 0 atom stereocenters. The molecule has 5 rings (SSSR count). The van der Waals surface area contributed by atoms with Crippen LogP contribution in [0.2, 0.25) is 0 Å². The van der Waals surface area contributed by atoms with Crippen LogP contribution < -0.4 is 15.2 Å². The van der Waals surface area contributed by atoms with E-state index >= 15 is 0 Å². The highest BCUT2D eigenvalue weighted by Crippen LogP contribution is 2.35. The van der Waals surface area contributed by atoms with E-state index in [-0.39, 0.29) is 12.9 Å². The van der Waals surface area contributed by atoms with E-state index in [9.17, 15) is 4.39 Å². The lowest BCUT2D eigenvalue weighted by Crippen LogP contribution is -2.46. The van der Waals surface area contributed by atoms with Crippen LogP contribution in [-0.4, -0.2) is 28.2 Å². The van der Waals surface area contributed by atoms with Gasteiger partial charge >= 0.3 is 7.05 Å². The maximum Gasteiger partial charge on any atom is 0.452 e. The molecule has 0 amide bonds. The van der Waals surface area contributed by atoms with E-state index in [1.54, 1.807) is 17.4 Å². The molecule has 0 bridgehead atoms. The minimum Gasteiger partial charge on any atom is -0.409 e. The van der Waals surface area contributed by atoms with E-state index in [4.69, 9.17) is 4.65 Å². The third-order valence-electron chi connectivity index (χ3n) is 5.80. The van der Waals surface area contributed by atoms with Gasteiger partial charge < -0.3 is 14.4 Å². The summed E-state index contributed by atoms with van der Waals surface area (Å²) in [5.41, 5.74) is 5.73. The minimum atomic E-state index is -0.265. The summed E-state index contributed by atoms with van der Waals surface area (Å²) in [5.74, 6) is -0.195. The fraction of sp³-hybridized carbons (Fsp3) is 0.167. The second kappa shape index (κ2) is 7.45. The third-order valence-corrected chi connectivity index (χ3v) is 6.48. The molecule has 0 radical (unpaired) electrons. The van der Waals surface area contributed by atoms with Crippen molar-refractivity contribution < 1.29 is 9.04 Å². The van der Waals surface area contributed by atoms with Crippen LogP contribution >= 0.6 is 11.3 Å². The zero-order valence-electron chi connectivity index (χ0n) is 17.2. The van der Waals surface area contributed by atoms with Crippen molar-refractivity contribution in [3.63, 3.8) is 0 Å². The normalized spacial score (nSPS) is 13.0. The van der Waals surface area contributed by atoms with Crippen LogP contribution in [0.5, 0.6) is 0 Å². The lowest BCUT2D eigenvalue weighted by Gasteiger charge is -2.27. The molecule has 0 spiro atoms. The maximum atomic E-state index is 14.7. The van der Waals surface area contributed by atoms with Crippen LogP contribution in [0.25, 0.3) is 21.9 Å². The molecule has 2 heterocycles. The van der Waals surface area contributed by atoms with Crippen molar-refractivity contribution >= 4 is 46.0 Å². The van der Waals surface area contributed by atoms with E-state index in [0.29, 0.717) is 12.2 Å². The SMILES string of the molecule is CN(C)c1cccc2cccc(N(C)B3OCc4cc(F)c(-c5ccsc5)cc43)c12. The molecule has 30 heavy (non-hydrogen) atoms. The standard InChI is InChI=1S/C24H22BFN2OS/c1-27(2)22-8-4-6-16-7-5-9-23(24(16)22)28(3)25-20-13-19(17-10-11-30-15-17)21(26)12-18(20)14-29-25/h4-13,15H,14H2,1-3H3. The second-order valence-electron chi connectivity index (χ2n) is 7.86. The van der Waals surface area contributed by atoms with E-state index < -0.39 is 0 Å². The summed E-state index contributed by atoms with van der Waals surface area (Å²) in [4.78, 5) is 4.30. The molecule has 0 saturated heterocycles. The summed E-state index contributed by atoms with van der Waals surface area (Å²) in [6, 6.07) is 18.2. The molecule has 0 unspecified atom stereocenters. The molecular weight excluding hydrogens is 394 g/mol. The predicted molar refractivity (Wildman–Crippen MR) is 127 cm³/mol. The molecule has 0 N–H and O–H groups in total. The van der Waals surface area contributed by atoms with Gasteiger partial charge in [-0.2, -0.15) is 11.3 Å². The largest absolute Gasteiger partial charge is 0.452 e. The summed E-state index contributed by atoms with van der Waals surface area (Å²) in [6.07, 6.45) is 0. The number of anilines is 2. The van der Waals surface area contributed by atoms with Crippen molar-refractivity contribution in [2.45, 2.75) is 6.61 Å². The Morgan fingerprint density at radius 2 is 1.77 bits per heavy atom. The average Bonchev–Trinajstić information content (AvgIpc) is 3.41. The van der Waals surface area contributed by atoms with Gasteiger partial charge in [0.1, 0.15) is 5.82 Å². The Balaban J connectivity index is 1.62. The molecule has 3 aromatic carbocycles. The Hall–Kier alpha value is -2.83. The van der Waals surface area contributed by atoms with Crippen molar-refractivity contribution in [1.82, 2.24) is 0 Å². The van der Waals surface area contributed by atoms with Gasteiger partial charge in [0.05, 0.1) is 6.61 Å². The van der Waals surface area contributed by atoms with E-state index in [1.165, 1.54) is 10.8 Å². The zero-order chi connectivity index (χ0) is 20.8. The molecular formula is C24H22BFN2OS. The maximum absolute atomic E-state index is 14.7. The first kappa shape index (κ1) is 19.2. The predicted octanol–water partition coefficient (Wildman–Crippen LogP) is 5.14. The highest BCUT2D eigenvalue weighted by Gasteiger charge is 2.35. The third kappa shape index (κ3) is 3.07. The van der Waals surface area contributed by atoms with Crippen LogP contribution in [0.15, 0.2) is 65.4 Å². The summed E-state index contributed by atoms with van der Waals surface area (Å²) in [5, 5.41) is 6.32. The van der Waals surface area contributed by atoms with Crippen molar-refractivity contribution in [3.8, 4) is 11.1 Å². The molecule has 0 saturated carbocycles. The van der Waals surface area contributed by atoms with Gasteiger partial charge in [0, 0.05) is 36.4 Å². The van der Waals surface area contributed by atoms with Gasteiger partial charge in [-0.3, -0.25) is 0 Å². The van der Waals surface area contributed by atoms with E-state index in [0.717, 1.165) is 28.0 Å². The van der Waals surface area contributed by atoms with Gasteiger partial charge in [-0.1, -0.05) is 30.3 Å². The van der Waals surface area contributed by atoms with Gasteiger partial charge in [-0.05, 0) is 64.0 Å². The van der Waals surface area contributed by atoms with Gasteiger partial charge in [-0.25, -0.2) is 4.39 Å². The quantitative estimate of drug-likeness (QED) is 0.429. The molecule has 6 heteroatoms. The molecule has 3 nitrogen and oxygen atoms in total. The fourth-order valence-electron chi connectivity index (χ4n) is 4.30. The first-order valence-corrected chi connectivity index (χ1v) is 10.9. The minimum absolute atomic E-state index is 0.195. The molecule has 1 aromatic heterocycles. The summed E-state index contributed by atoms with van der Waals surface area (Å²) in [7, 11) is 5.90. The van der Waals surface area contributed by atoms with Crippen LogP contribution in [0, 0.1) is 5.82 Å². The summed E-state index contributed by atoms with van der Waals surface area (Å²) in [6.45, 7) is 0.413. The molecule has 150 valence electrons. The van der Waals surface area contributed by atoms with Crippen molar-refractivity contribution in [2.75, 3.05) is 30.9 Å². The van der Waals surface area contributed by atoms with Crippen LogP contribution in [0.4, 0.5) is 15.8 Å². The molecule has 0 fully saturated rings. The van der Waals surface area contributed by atoms with Crippen LogP contribution in [0.1, 0.15) is 5.56 Å². The molecule has 1 aliphatic rings. The van der Waals surface area contributed by atoms with Gasteiger partial charge in [-0.15, -0.1) is 0 Å². The summed E-state index contributed by atoms with van der Waals surface area (Å²) < 4.78 is 20.9. The molecule has 1 aliphatic heterocycles. The number of thiophene rings is 1. The van der Waals surface area contributed by atoms with Gasteiger partial charge in [0.2, 0.25) is 0 Å². The Labute approximate surface area is 180 Å². The average molecular weight is 416 g/mol. The fourth-order valence-corrected chi connectivity index (χ4v) is 4.95. The Bertz CT molecular complexity index is 1220. The lowest BCUT2D eigenvalue weighted by molar-refractivity contribution is 0.329. The number of halogens is 1. The van der Waals surface area contributed by atoms with Crippen LogP contribution in [0.3, 0.4) is 0 Å². The Morgan fingerprint density at radius 3 is 2.47 bits per heavy atom. The number of hydrogen-bond donors (Lipinski definition) is 0. The Morgan fingerprint density at radius 1 is 1.00 bits per heavy atom. The topological polar surface area (TPSA) is 15.7 Å². The van der Waals surface area contributed by atoms with E-state index in [1.807, 2.05) is 22.9 Å². The smallest absolute Gasteiger partial charge is 0.409 e. The molecule has 0 aliphatic carbocycles. The van der Waals surface area contributed by atoms with E-state index in [2.05, 4.69) is 67.3 Å². The number of nitrogens with zero attached hydrogens (tertiary/aromatic N) is 2. The van der Waals surface area contributed by atoms with Crippen molar-refractivity contribution in [3.05, 3.63) is 76.7 Å². The number of hydrogen-bond acceptors (Lipinski definition) is 4. The van der Waals surface area contributed by atoms with Gasteiger partial charge in [0.25, 0.3) is 0 Å². The number of fused-ring (bicyclic) bond motifs is 2. The highest BCUT2D eigenvalue weighted by molar-refractivity contribution is 7.08. The lowest BCUT2D eigenvalue weighted by atomic mass is 9.70. The monoisotopic (exact) mass is 416 g/mol. The van der Waals surface area contributed by atoms with Crippen molar-refractivity contribution in [2.24, 2.45) is 0 Å². The first-order chi connectivity index (χ1) is 14.5. The zero-order valence-corrected chi connectivity index (χ0v) is 18.0. The summed E-state index contributed by atoms with van der Waals surface area (Å²) >= 11 is 1.57. The Kier molecular flexibility index (Phi) is 4.76. The second-order valence-corrected chi connectivity index (χ2v) is 8.64. The molecule has 4 aromatic rings.